The number of nitrogens with two attached hydrogens (primary N) is 1. The third kappa shape index (κ3) is 2.68. The Labute approximate surface area is 95.3 Å². The fourth-order valence-corrected chi connectivity index (χ4v) is 3.04. The van der Waals surface area contributed by atoms with Crippen LogP contribution >= 0.6 is 11.5 Å². The number of hydrogen-bond donors (Lipinski definition) is 1. The SMILES string of the molecule is CCCC1CCC(c2nsc(N)n2)CC1. The fourth-order valence-electron chi connectivity index (χ4n) is 2.53. The van der Waals surface area contributed by atoms with Gasteiger partial charge in [0.25, 0.3) is 0 Å². The van der Waals surface area contributed by atoms with Crippen molar-refractivity contribution in [2.45, 2.75) is 51.4 Å². The van der Waals surface area contributed by atoms with Crippen LogP contribution in [0, 0.1) is 5.92 Å². The average Bonchev–Trinajstić information content (AvgIpc) is 2.67. The molecule has 0 atom stereocenters. The number of nitrogens with zero attached hydrogens (tertiary/aromatic N) is 2. The normalized spacial score (nSPS) is 26.7. The summed E-state index contributed by atoms with van der Waals surface area (Å²) in [6, 6.07) is 0. The van der Waals surface area contributed by atoms with Crippen LogP contribution in [0.2, 0.25) is 0 Å². The highest BCUT2D eigenvalue weighted by molar-refractivity contribution is 7.09. The minimum absolute atomic E-state index is 0.576. The maximum atomic E-state index is 5.61. The average molecular weight is 225 g/mol. The van der Waals surface area contributed by atoms with E-state index in [1.165, 1.54) is 50.1 Å². The van der Waals surface area contributed by atoms with Crippen LogP contribution in [0.4, 0.5) is 5.13 Å². The van der Waals surface area contributed by atoms with Crippen LogP contribution in [-0.4, -0.2) is 9.36 Å². The molecule has 1 aromatic rings. The van der Waals surface area contributed by atoms with Crippen LogP contribution in [0.1, 0.15) is 57.2 Å². The van der Waals surface area contributed by atoms with Crippen LogP contribution in [0.15, 0.2) is 0 Å². The Hall–Kier alpha value is -0.640. The first-order valence-corrected chi connectivity index (χ1v) is 6.66. The fraction of sp³-hybridized carbons (Fsp3) is 0.818. The van der Waals surface area contributed by atoms with Gasteiger partial charge in [-0.25, -0.2) is 4.98 Å². The first-order chi connectivity index (χ1) is 7.29. The Kier molecular flexibility index (Phi) is 3.57. The molecule has 1 aliphatic rings. The summed E-state index contributed by atoms with van der Waals surface area (Å²) in [5.41, 5.74) is 5.61. The molecule has 0 amide bonds. The molecule has 0 aromatic carbocycles. The molecule has 1 aliphatic carbocycles. The van der Waals surface area contributed by atoms with Gasteiger partial charge in [0, 0.05) is 17.5 Å². The number of anilines is 1. The van der Waals surface area contributed by atoms with Gasteiger partial charge >= 0.3 is 0 Å². The Morgan fingerprint density at radius 2 is 2.07 bits per heavy atom. The summed E-state index contributed by atoms with van der Waals surface area (Å²) < 4.78 is 4.32. The van der Waals surface area contributed by atoms with E-state index < -0.39 is 0 Å². The van der Waals surface area contributed by atoms with Gasteiger partial charge in [-0.05, 0) is 31.6 Å². The summed E-state index contributed by atoms with van der Waals surface area (Å²) in [5.74, 6) is 2.52. The molecule has 15 heavy (non-hydrogen) atoms. The first-order valence-electron chi connectivity index (χ1n) is 5.88. The highest BCUT2D eigenvalue weighted by Gasteiger charge is 2.24. The van der Waals surface area contributed by atoms with E-state index in [-0.39, 0.29) is 0 Å². The standard InChI is InChI=1S/C11H19N3S/c1-2-3-8-4-6-9(7-5-8)10-13-11(12)15-14-10/h8-9H,2-7H2,1H3,(H2,12,13,14). The van der Waals surface area contributed by atoms with Crippen molar-refractivity contribution in [2.75, 3.05) is 5.73 Å². The highest BCUT2D eigenvalue weighted by Crippen LogP contribution is 2.36. The molecule has 1 fully saturated rings. The predicted molar refractivity (Wildman–Crippen MR) is 63.9 cm³/mol. The lowest BCUT2D eigenvalue weighted by Gasteiger charge is -2.26. The lowest BCUT2D eigenvalue weighted by molar-refractivity contribution is 0.303. The lowest BCUT2D eigenvalue weighted by atomic mass is 9.80. The Bertz CT molecular complexity index is 303. The van der Waals surface area contributed by atoms with Gasteiger partial charge in [-0.1, -0.05) is 19.8 Å². The van der Waals surface area contributed by atoms with Crippen LogP contribution < -0.4 is 5.73 Å². The van der Waals surface area contributed by atoms with Gasteiger partial charge in [0.15, 0.2) is 5.13 Å². The van der Waals surface area contributed by atoms with Crippen LogP contribution in [-0.2, 0) is 0 Å². The number of nitrogen functional groups attached to an aromatic ring is 1. The zero-order valence-electron chi connectivity index (χ0n) is 9.28. The van der Waals surface area contributed by atoms with Crippen molar-refractivity contribution in [2.24, 2.45) is 5.92 Å². The summed E-state index contributed by atoms with van der Waals surface area (Å²) in [6.07, 6.45) is 7.90. The van der Waals surface area contributed by atoms with Gasteiger partial charge in [-0.2, -0.15) is 4.37 Å². The summed E-state index contributed by atoms with van der Waals surface area (Å²) in [4.78, 5) is 4.29. The zero-order valence-corrected chi connectivity index (χ0v) is 10.1. The largest absolute Gasteiger partial charge is 0.374 e. The molecule has 4 heteroatoms. The van der Waals surface area contributed by atoms with Gasteiger partial charge in [0.05, 0.1) is 0 Å². The van der Waals surface area contributed by atoms with Crippen molar-refractivity contribution in [3.63, 3.8) is 0 Å². The molecule has 1 heterocycles. The third-order valence-corrected chi connectivity index (χ3v) is 3.92. The van der Waals surface area contributed by atoms with E-state index in [1.807, 2.05) is 0 Å². The van der Waals surface area contributed by atoms with Gasteiger partial charge in [-0.3, -0.25) is 0 Å². The molecule has 0 aliphatic heterocycles. The minimum atomic E-state index is 0.576. The maximum Gasteiger partial charge on any atom is 0.199 e. The van der Waals surface area contributed by atoms with Crippen LogP contribution in [0.5, 0.6) is 0 Å². The first kappa shape index (κ1) is 10.9. The molecule has 3 nitrogen and oxygen atoms in total. The quantitative estimate of drug-likeness (QED) is 0.859. The highest BCUT2D eigenvalue weighted by atomic mass is 32.1. The van der Waals surface area contributed by atoms with Crippen molar-refractivity contribution >= 4 is 16.7 Å². The minimum Gasteiger partial charge on any atom is -0.374 e. The molecule has 0 spiro atoms. The van der Waals surface area contributed by atoms with E-state index in [2.05, 4.69) is 16.3 Å². The maximum absolute atomic E-state index is 5.61. The van der Waals surface area contributed by atoms with Crippen LogP contribution in [0.3, 0.4) is 0 Å². The number of rotatable bonds is 3. The van der Waals surface area contributed by atoms with Crippen molar-refractivity contribution in [1.82, 2.24) is 9.36 Å². The molecule has 1 aromatic heterocycles. The van der Waals surface area contributed by atoms with Crippen molar-refractivity contribution < 1.29 is 0 Å². The summed E-state index contributed by atoms with van der Waals surface area (Å²) in [6.45, 7) is 2.27. The summed E-state index contributed by atoms with van der Waals surface area (Å²) in [5, 5.41) is 0.612. The molecule has 2 rings (SSSR count). The second-order valence-electron chi connectivity index (χ2n) is 4.50. The lowest BCUT2D eigenvalue weighted by Crippen LogP contribution is -2.14. The van der Waals surface area contributed by atoms with E-state index in [0.29, 0.717) is 11.0 Å². The Morgan fingerprint density at radius 1 is 1.33 bits per heavy atom. The second-order valence-corrected chi connectivity index (χ2v) is 5.28. The summed E-state index contributed by atoms with van der Waals surface area (Å²) >= 11 is 1.33. The topological polar surface area (TPSA) is 51.8 Å². The molecular weight excluding hydrogens is 206 g/mol. The van der Waals surface area contributed by atoms with E-state index in [1.54, 1.807) is 0 Å². The molecule has 0 radical (unpaired) electrons. The second kappa shape index (κ2) is 4.92. The van der Waals surface area contributed by atoms with Crippen LogP contribution in [0.25, 0.3) is 0 Å². The van der Waals surface area contributed by atoms with E-state index in [0.717, 1.165) is 11.7 Å². The molecule has 0 unspecified atom stereocenters. The number of hydrogen-bond acceptors (Lipinski definition) is 4. The van der Waals surface area contributed by atoms with E-state index >= 15 is 0 Å². The number of aromatic nitrogens is 2. The zero-order chi connectivity index (χ0) is 10.7. The van der Waals surface area contributed by atoms with Gasteiger partial charge in [0.2, 0.25) is 0 Å². The molecular formula is C11H19N3S. The monoisotopic (exact) mass is 225 g/mol. The van der Waals surface area contributed by atoms with Gasteiger partial charge in [-0.15, -0.1) is 0 Å². The Balaban J connectivity index is 1.88. The molecule has 84 valence electrons. The van der Waals surface area contributed by atoms with Gasteiger partial charge in [0.1, 0.15) is 5.82 Å². The van der Waals surface area contributed by atoms with E-state index in [4.69, 9.17) is 5.73 Å². The predicted octanol–water partition coefficient (Wildman–Crippen LogP) is 3.19. The molecule has 0 bridgehead atoms. The van der Waals surface area contributed by atoms with Crippen molar-refractivity contribution in [1.29, 1.82) is 0 Å². The van der Waals surface area contributed by atoms with Crippen molar-refractivity contribution in [3.05, 3.63) is 5.82 Å². The molecule has 0 saturated heterocycles. The van der Waals surface area contributed by atoms with Crippen molar-refractivity contribution in [3.8, 4) is 0 Å². The summed E-state index contributed by atoms with van der Waals surface area (Å²) in [7, 11) is 0. The van der Waals surface area contributed by atoms with Gasteiger partial charge < -0.3 is 5.73 Å². The third-order valence-electron chi connectivity index (χ3n) is 3.37. The molecule has 2 N–H and O–H groups in total. The Morgan fingerprint density at radius 3 is 2.60 bits per heavy atom. The molecule has 1 saturated carbocycles. The van der Waals surface area contributed by atoms with E-state index in [9.17, 15) is 0 Å². The smallest absolute Gasteiger partial charge is 0.199 e.